The maximum Gasteiger partial charge on any atom is 0.253 e. The minimum Gasteiger partial charge on any atom is -0.489 e. The van der Waals surface area contributed by atoms with Crippen LogP contribution in [-0.2, 0) is 14.4 Å². The number of nitrogens with zero attached hydrogens (tertiary/aromatic N) is 8. The van der Waals surface area contributed by atoms with E-state index >= 15 is 0 Å². The fourth-order valence-corrected chi connectivity index (χ4v) is 12.6. The fraction of sp³-hybridized carbons (Fsp3) is 0.545. The molecule has 3 aliphatic heterocycles. The lowest BCUT2D eigenvalue weighted by Crippen LogP contribution is -2.74. The molecule has 4 amide bonds. The van der Waals surface area contributed by atoms with Crippen LogP contribution in [0.15, 0.2) is 66.3 Å². The van der Waals surface area contributed by atoms with Crippen molar-refractivity contribution in [3.8, 4) is 22.3 Å². The molecule has 1 saturated carbocycles. The predicted octanol–water partition coefficient (Wildman–Crippen LogP) is 3.46. The summed E-state index contributed by atoms with van der Waals surface area (Å²) in [6.07, 6.45) is 0.381. The zero-order chi connectivity index (χ0) is 54.7. The molecule has 408 valence electrons. The van der Waals surface area contributed by atoms with Gasteiger partial charge < -0.3 is 45.8 Å². The summed E-state index contributed by atoms with van der Waals surface area (Å²) in [7, 11) is 0. The van der Waals surface area contributed by atoms with E-state index in [1.165, 1.54) is 30.1 Å². The van der Waals surface area contributed by atoms with Gasteiger partial charge in [-0.25, -0.2) is 9.97 Å². The van der Waals surface area contributed by atoms with Crippen LogP contribution in [0.1, 0.15) is 81.2 Å². The number of nitrogens with one attached hydrogen (secondary N) is 3. The number of rotatable bonds is 18. The van der Waals surface area contributed by atoms with E-state index in [0.717, 1.165) is 74.3 Å². The molecule has 76 heavy (non-hydrogen) atoms. The van der Waals surface area contributed by atoms with E-state index in [4.69, 9.17) is 16.3 Å². The van der Waals surface area contributed by atoms with E-state index in [1.54, 1.807) is 29.9 Å². The Bertz CT molecular complexity index is 2730. The van der Waals surface area contributed by atoms with Crippen molar-refractivity contribution in [2.45, 2.75) is 96.9 Å². The number of benzene rings is 2. The highest BCUT2D eigenvalue weighted by atomic mass is 35.5. The van der Waals surface area contributed by atoms with Crippen molar-refractivity contribution in [2.24, 2.45) is 10.8 Å². The number of ether oxygens (including phenoxy) is 1. The molecule has 4 atom stereocenters. The second kappa shape index (κ2) is 23.5. The molecule has 0 spiro atoms. The first-order valence-corrected chi connectivity index (χ1v) is 27.3. The number of halogens is 1. The first kappa shape index (κ1) is 56.4. The number of likely N-dealkylation sites (tertiary alicyclic amines) is 1. The number of pyridine rings is 1. The Morgan fingerprint density at radius 3 is 2.12 bits per heavy atom. The lowest BCUT2D eigenvalue weighted by Gasteiger charge is -2.63. The Hall–Kier alpha value is -5.76. The molecular formula is C55H72ClN11O8S. The van der Waals surface area contributed by atoms with Crippen molar-refractivity contribution in [2.75, 3.05) is 90.0 Å². The van der Waals surface area contributed by atoms with Gasteiger partial charge in [-0.3, -0.25) is 33.9 Å². The molecule has 2 aromatic heterocycles. The molecule has 8 rings (SSSR count). The van der Waals surface area contributed by atoms with E-state index in [1.807, 2.05) is 48.2 Å². The normalized spacial score (nSPS) is 22.7. The lowest BCUT2D eigenvalue weighted by molar-refractivity contribution is -0.164. The van der Waals surface area contributed by atoms with E-state index in [-0.39, 0.29) is 37.6 Å². The number of carbonyl (C=O) groups excluding carboxylic acids is 4. The van der Waals surface area contributed by atoms with Gasteiger partial charge in [-0.05, 0) is 56.2 Å². The summed E-state index contributed by atoms with van der Waals surface area (Å²) in [6.45, 7) is 20.4. The van der Waals surface area contributed by atoms with Gasteiger partial charge in [0.15, 0.2) is 0 Å². The van der Waals surface area contributed by atoms with Crippen molar-refractivity contribution in [1.82, 2.24) is 45.5 Å². The van der Waals surface area contributed by atoms with Gasteiger partial charge in [-0.15, -0.1) is 11.3 Å². The summed E-state index contributed by atoms with van der Waals surface area (Å²) >= 11 is 7.79. The van der Waals surface area contributed by atoms with Crippen LogP contribution in [-0.4, -0.2) is 190 Å². The Labute approximate surface area is 454 Å². The van der Waals surface area contributed by atoms with Crippen LogP contribution in [0.5, 0.6) is 5.75 Å². The molecule has 0 bridgehead atoms. The third kappa shape index (κ3) is 12.6. The van der Waals surface area contributed by atoms with E-state index in [9.17, 15) is 39.8 Å². The van der Waals surface area contributed by atoms with Crippen molar-refractivity contribution in [3.05, 3.63) is 93.7 Å². The summed E-state index contributed by atoms with van der Waals surface area (Å²) < 4.78 is 6.38. The smallest absolute Gasteiger partial charge is 0.253 e. The molecule has 0 radical (unpaired) electrons. The van der Waals surface area contributed by atoms with Gasteiger partial charge in [0, 0.05) is 108 Å². The Balaban J connectivity index is 0.748. The number of aromatic nitrogens is 2. The number of thiazole rings is 1. The van der Waals surface area contributed by atoms with Gasteiger partial charge in [0.25, 0.3) is 5.91 Å². The molecule has 4 aromatic rings. The van der Waals surface area contributed by atoms with Gasteiger partial charge >= 0.3 is 0 Å². The summed E-state index contributed by atoms with van der Waals surface area (Å²) in [5, 5.41) is 50.6. The minimum atomic E-state index is -1.70. The number of aryl methyl sites for hydroxylation is 1. The average Bonchev–Trinajstić information content (AvgIpc) is 4.09. The average molecular weight is 1080 g/mol. The molecule has 2 aromatic carbocycles. The highest BCUT2D eigenvalue weighted by Crippen LogP contribution is 2.55. The van der Waals surface area contributed by atoms with Crippen molar-refractivity contribution < 1.29 is 39.2 Å². The van der Waals surface area contributed by atoms with Crippen LogP contribution < -0.4 is 25.6 Å². The second-order valence-corrected chi connectivity index (χ2v) is 23.6. The molecule has 3 saturated heterocycles. The number of carbonyl (C=O) groups is 4. The second-order valence-electron chi connectivity index (χ2n) is 22.3. The number of anilines is 1. The third-order valence-corrected chi connectivity index (χ3v) is 16.9. The number of hydrogen-bond donors (Lipinski definition) is 6. The summed E-state index contributed by atoms with van der Waals surface area (Å²) in [6, 6.07) is 14.8. The summed E-state index contributed by atoms with van der Waals surface area (Å²) in [5.41, 5.74) is 2.69. The molecule has 19 nitrogen and oxygen atoms in total. The van der Waals surface area contributed by atoms with Gasteiger partial charge in [0.05, 0.1) is 63.1 Å². The first-order valence-electron chi connectivity index (χ1n) is 26.0. The molecule has 1 unspecified atom stereocenters. The molecule has 1 aliphatic carbocycles. The Kier molecular flexibility index (Phi) is 17.4. The molecule has 21 heteroatoms. The molecule has 4 aliphatic rings. The monoisotopic (exact) mass is 1080 g/mol. The highest BCUT2D eigenvalue weighted by Gasteiger charge is 2.64. The number of aliphatic hydroxyl groups is 3. The van der Waals surface area contributed by atoms with Crippen LogP contribution in [0, 0.1) is 29.1 Å². The summed E-state index contributed by atoms with van der Waals surface area (Å²) in [5.74, 6) is -0.482. The minimum absolute atomic E-state index is 0.0204. The zero-order valence-electron chi connectivity index (χ0n) is 44.5. The third-order valence-electron chi connectivity index (χ3n) is 15.6. The standard InChI is InChI=1S/C55H72ClN11O8S/c1-34-46(76-33-59-34)36-10-8-35(9-11-36)42(32-68)60-49(72)43-26-39(69)30-67(43)50(73)47(55(6,7)74)61-45(70)31-65-20-18-63(19-21-65)16-17-64-22-24-66(25-23-64)44-15-13-38(29-58-44)48(71)62-51-53(2,3)52(54(51,4)5)75-40-14-12-37(28-57)41(56)27-40/h8-15,27,29,33,39,42-43,47,51-52,68-69,74H,16-26,30-32H2,1-7H3,(H,60,72)(H,61,70)(H,62,71)/t39-,42?,43+,47-,51-,52-/m1/s1. The SMILES string of the molecule is Cc1ncsc1-c1ccc(C(CO)NC(=O)[C@@H]2C[C@@H](O)CN2C(=O)[C@@H](NC(=O)CN2CCN(CCN3CCN(c4ccc(C(=O)N[C@H]5C(C)(C)[C@H](Oc6ccc(C#N)c(Cl)c6)C5(C)C)cn4)CC3)CC2)C(C)(C)O)cc1. The Morgan fingerprint density at radius 2 is 1.55 bits per heavy atom. The van der Waals surface area contributed by atoms with E-state index < -0.39 is 65.0 Å². The quantitative estimate of drug-likeness (QED) is 0.0837. The van der Waals surface area contributed by atoms with Gasteiger partial charge in [-0.1, -0.05) is 63.6 Å². The van der Waals surface area contributed by atoms with Gasteiger partial charge in [0.2, 0.25) is 17.7 Å². The van der Waals surface area contributed by atoms with Crippen molar-refractivity contribution >= 4 is 52.4 Å². The maximum atomic E-state index is 14.1. The number of piperazine rings is 2. The van der Waals surface area contributed by atoms with Crippen LogP contribution in [0.3, 0.4) is 0 Å². The van der Waals surface area contributed by atoms with Crippen LogP contribution in [0.4, 0.5) is 5.82 Å². The summed E-state index contributed by atoms with van der Waals surface area (Å²) in [4.78, 5) is 75.3. The van der Waals surface area contributed by atoms with Crippen molar-refractivity contribution in [3.63, 3.8) is 0 Å². The van der Waals surface area contributed by atoms with Crippen LogP contribution in [0.2, 0.25) is 5.02 Å². The largest absolute Gasteiger partial charge is 0.489 e. The zero-order valence-corrected chi connectivity index (χ0v) is 46.0. The van der Waals surface area contributed by atoms with Crippen molar-refractivity contribution in [1.29, 1.82) is 5.26 Å². The van der Waals surface area contributed by atoms with Gasteiger partial charge in [-0.2, -0.15) is 5.26 Å². The van der Waals surface area contributed by atoms with Crippen LogP contribution in [0.25, 0.3) is 10.4 Å². The molecule has 4 fully saturated rings. The highest BCUT2D eigenvalue weighted by molar-refractivity contribution is 7.13. The fourth-order valence-electron chi connectivity index (χ4n) is 11.5. The molecule has 6 N–H and O–H groups in total. The number of β-amino-alcohol motifs (C(OH)–C–C–N with tert-alkyl or cyclic N) is 1. The number of aliphatic hydroxyl groups excluding tert-OH is 2. The van der Waals surface area contributed by atoms with E-state index in [0.29, 0.717) is 40.6 Å². The maximum absolute atomic E-state index is 14.1. The van der Waals surface area contributed by atoms with Gasteiger partial charge in [0.1, 0.15) is 35.8 Å². The number of nitriles is 1. The topological polar surface area (TPSA) is 240 Å². The lowest BCUT2D eigenvalue weighted by atomic mass is 9.49. The predicted molar refractivity (Wildman–Crippen MR) is 290 cm³/mol. The molecule has 5 heterocycles. The molecular weight excluding hydrogens is 1010 g/mol. The number of amides is 4. The first-order chi connectivity index (χ1) is 36.1. The van der Waals surface area contributed by atoms with E-state index in [2.05, 4.69) is 74.4 Å². The number of hydrogen-bond acceptors (Lipinski definition) is 16. The van der Waals surface area contributed by atoms with Crippen LogP contribution >= 0.6 is 22.9 Å². The Morgan fingerprint density at radius 1 is 0.908 bits per heavy atom.